The van der Waals surface area contributed by atoms with E-state index in [-0.39, 0.29) is 0 Å². The van der Waals surface area contributed by atoms with Crippen molar-refractivity contribution in [2.24, 2.45) is 13.0 Å². The normalized spacial score (nSPS) is 24.5. The molecule has 1 aliphatic carbocycles. The number of alkyl halides is 1. The van der Waals surface area contributed by atoms with Gasteiger partial charge >= 0.3 is 0 Å². The van der Waals surface area contributed by atoms with E-state index < -0.39 is 0 Å². The molecule has 0 spiro atoms. The second-order valence-electron chi connectivity index (χ2n) is 5.69. The molecule has 102 valence electrons. The molecule has 2 unspecified atom stereocenters. The second-order valence-corrected chi connectivity index (χ2v) is 6.87. The number of hydrogen-bond acceptors (Lipinski definition) is 1. The number of imidazole rings is 1. The minimum Gasteiger partial charge on any atom is -0.331 e. The molecular formula is C16H21BrN2. The Balaban J connectivity index is 1.86. The van der Waals surface area contributed by atoms with Gasteiger partial charge in [0.15, 0.2) is 0 Å². The average molecular weight is 321 g/mol. The van der Waals surface area contributed by atoms with Crippen LogP contribution in [0.15, 0.2) is 24.3 Å². The maximum Gasteiger partial charge on any atom is 0.109 e. The Morgan fingerprint density at radius 2 is 2.00 bits per heavy atom. The molecule has 1 aromatic carbocycles. The van der Waals surface area contributed by atoms with Gasteiger partial charge in [0.05, 0.1) is 11.0 Å². The zero-order valence-corrected chi connectivity index (χ0v) is 13.1. The fourth-order valence-electron chi connectivity index (χ4n) is 3.18. The van der Waals surface area contributed by atoms with E-state index in [2.05, 4.69) is 51.8 Å². The topological polar surface area (TPSA) is 17.8 Å². The third kappa shape index (κ3) is 2.71. The van der Waals surface area contributed by atoms with Gasteiger partial charge in [-0.05, 0) is 30.9 Å². The lowest BCUT2D eigenvalue weighted by Gasteiger charge is -2.19. The highest BCUT2D eigenvalue weighted by atomic mass is 79.9. The van der Waals surface area contributed by atoms with Gasteiger partial charge in [0.2, 0.25) is 0 Å². The Morgan fingerprint density at radius 1 is 1.21 bits per heavy atom. The highest BCUT2D eigenvalue weighted by Crippen LogP contribution is 2.31. The lowest BCUT2D eigenvalue weighted by molar-refractivity contribution is 0.460. The summed E-state index contributed by atoms with van der Waals surface area (Å²) in [6, 6.07) is 8.42. The summed E-state index contributed by atoms with van der Waals surface area (Å²) < 4.78 is 2.26. The van der Waals surface area contributed by atoms with Gasteiger partial charge in [0.25, 0.3) is 0 Å². The molecule has 0 N–H and O–H groups in total. The van der Waals surface area contributed by atoms with Crippen molar-refractivity contribution in [1.82, 2.24) is 9.55 Å². The number of aromatic nitrogens is 2. The summed E-state index contributed by atoms with van der Waals surface area (Å²) in [6.45, 7) is 0. The molecular weight excluding hydrogens is 300 g/mol. The number of halogens is 1. The van der Waals surface area contributed by atoms with Crippen molar-refractivity contribution in [3.8, 4) is 0 Å². The summed E-state index contributed by atoms with van der Waals surface area (Å²) in [5.74, 6) is 1.97. The molecule has 2 atom stereocenters. The standard InChI is InChI=1S/C16H21BrN2/c1-19-15-10-6-5-9-14(15)18-16(19)11-12-7-3-2-4-8-13(12)17/h5-6,9-10,12-13H,2-4,7-8,11H2,1H3. The molecule has 1 heterocycles. The predicted molar refractivity (Wildman–Crippen MR) is 83.7 cm³/mol. The highest BCUT2D eigenvalue weighted by molar-refractivity contribution is 9.09. The Bertz CT molecular complexity index is 561. The minimum absolute atomic E-state index is 0.662. The van der Waals surface area contributed by atoms with Crippen LogP contribution in [0.4, 0.5) is 0 Å². The van der Waals surface area contributed by atoms with Crippen LogP contribution >= 0.6 is 15.9 Å². The SMILES string of the molecule is Cn1c(CC2CCCCCC2Br)nc2ccccc21. The van der Waals surface area contributed by atoms with Gasteiger partial charge in [-0.15, -0.1) is 0 Å². The molecule has 1 saturated carbocycles. The van der Waals surface area contributed by atoms with Gasteiger partial charge in [-0.3, -0.25) is 0 Å². The van der Waals surface area contributed by atoms with Crippen molar-refractivity contribution in [2.45, 2.75) is 43.4 Å². The van der Waals surface area contributed by atoms with Crippen LogP contribution in [0.25, 0.3) is 11.0 Å². The van der Waals surface area contributed by atoms with E-state index in [1.54, 1.807) is 0 Å². The number of hydrogen-bond donors (Lipinski definition) is 0. The van der Waals surface area contributed by atoms with E-state index in [1.165, 1.54) is 43.4 Å². The third-order valence-electron chi connectivity index (χ3n) is 4.39. The first-order valence-electron chi connectivity index (χ1n) is 7.30. The molecule has 3 heteroatoms. The maximum absolute atomic E-state index is 4.81. The van der Waals surface area contributed by atoms with Gasteiger partial charge in [0, 0.05) is 18.3 Å². The van der Waals surface area contributed by atoms with Crippen molar-refractivity contribution >= 4 is 27.0 Å². The van der Waals surface area contributed by atoms with Crippen LogP contribution < -0.4 is 0 Å². The smallest absolute Gasteiger partial charge is 0.109 e. The lowest BCUT2D eigenvalue weighted by atomic mass is 9.96. The third-order valence-corrected chi connectivity index (χ3v) is 5.60. The van der Waals surface area contributed by atoms with Crippen LogP contribution in [-0.4, -0.2) is 14.4 Å². The van der Waals surface area contributed by atoms with Gasteiger partial charge in [-0.2, -0.15) is 0 Å². The first kappa shape index (κ1) is 13.2. The monoisotopic (exact) mass is 320 g/mol. The molecule has 1 fully saturated rings. The Kier molecular flexibility index (Phi) is 3.92. The molecule has 0 amide bonds. The summed E-state index contributed by atoms with van der Waals surface area (Å²) in [4.78, 5) is 5.48. The molecule has 0 radical (unpaired) electrons. The quantitative estimate of drug-likeness (QED) is 0.590. The van der Waals surface area contributed by atoms with Gasteiger partial charge in [-0.25, -0.2) is 4.98 Å². The van der Waals surface area contributed by atoms with Crippen molar-refractivity contribution in [1.29, 1.82) is 0 Å². The van der Waals surface area contributed by atoms with Crippen LogP contribution in [0.3, 0.4) is 0 Å². The number of para-hydroxylation sites is 2. The molecule has 19 heavy (non-hydrogen) atoms. The number of fused-ring (bicyclic) bond motifs is 1. The van der Waals surface area contributed by atoms with Gasteiger partial charge < -0.3 is 4.57 Å². The Hall–Kier alpha value is -0.830. The number of rotatable bonds is 2. The van der Waals surface area contributed by atoms with Crippen molar-refractivity contribution < 1.29 is 0 Å². The summed E-state index contributed by atoms with van der Waals surface area (Å²) in [5.41, 5.74) is 2.37. The fourth-order valence-corrected chi connectivity index (χ4v) is 3.96. The number of nitrogens with zero attached hydrogens (tertiary/aromatic N) is 2. The van der Waals surface area contributed by atoms with E-state index in [0.29, 0.717) is 4.83 Å². The van der Waals surface area contributed by atoms with Gasteiger partial charge in [0.1, 0.15) is 5.82 Å². The first-order valence-corrected chi connectivity index (χ1v) is 8.21. The molecule has 0 saturated heterocycles. The van der Waals surface area contributed by atoms with Crippen LogP contribution in [-0.2, 0) is 13.5 Å². The van der Waals surface area contributed by atoms with E-state index in [1.807, 2.05) is 0 Å². The number of benzene rings is 1. The maximum atomic E-state index is 4.81. The zero-order valence-electron chi connectivity index (χ0n) is 11.5. The largest absolute Gasteiger partial charge is 0.331 e. The Labute approximate surface area is 123 Å². The number of aryl methyl sites for hydroxylation is 1. The molecule has 0 bridgehead atoms. The van der Waals surface area contributed by atoms with E-state index in [0.717, 1.165) is 17.9 Å². The molecule has 0 aliphatic heterocycles. The van der Waals surface area contributed by atoms with E-state index in [9.17, 15) is 0 Å². The molecule has 1 aliphatic rings. The highest BCUT2D eigenvalue weighted by Gasteiger charge is 2.23. The van der Waals surface area contributed by atoms with Crippen LogP contribution in [0.1, 0.15) is 37.9 Å². The van der Waals surface area contributed by atoms with Crippen molar-refractivity contribution in [3.05, 3.63) is 30.1 Å². The zero-order chi connectivity index (χ0) is 13.2. The first-order chi connectivity index (χ1) is 9.25. The molecule has 2 nitrogen and oxygen atoms in total. The summed E-state index contributed by atoms with van der Waals surface area (Å²) in [6.07, 6.45) is 7.88. The molecule has 3 rings (SSSR count). The van der Waals surface area contributed by atoms with Crippen molar-refractivity contribution in [2.75, 3.05) is 0 Å². The van der Waals surface area contributed by atoms with Crippen LogP contribution in [0.5, 0.6) is 0 Å². The van der Waals surface area contributed by atoms with Crippen LogP contribution in [0, 0.1) is 5.92 Å². The van der Waals surface area contributed by atoms with E-state index in [4.69, 9.17) is 4.98 Å². The second kappa shape index (κ2) is 5.66. The predicted octanol–water partition coefficient (Wildman–Crippen LogP) is 4.46. The van der Waals surface area contributed by atoms with Crippen molar-refractivity contribution in [3.63, 3.8) is 0 Å². The summed E-state index contributed by atoms with van der Waals surface area (Å²) in [5, 5.41) is 0. The summed E-state index contributed by atoms with van der Waals surface area (Å²) in [7, 11) is 2.14. The summed E-state index contributed by atoms with van der Waals surface area (Å²) >= 11 is 3.89. The van der Waals surface area contributed by atoms with Crippen LogP contribution in [0.2, 0.25) is 0 Å². The minimum atomic E-state index is 0.662. The Morgan fingerprint density at radius 3 is 2.84 bits per heavy atom. The molecule has 2 aromatic rings. The molecule has 1 aromatic heterocycles. The van der Waals surface area contributed by atoms with Gasteiger partial charge in [-0.1, -0.05) is 47.3 Å². The average Bonchev–Trinajstić information content (AvgIpc) is 2.59. The lowest BCUT2D eigenvalue weighted by Crippen LogP contribution is -2.17. The van der Waals surface area contributed by atoms with E-state index >= 15 is 0 Å². The fraction of sp³-hybridized carbons (Fsp3) is 0.562.